The summed E-state index contributed by atoms with van der Waals surface area (Å²) in [6.07, 6.45) is 1.19. The number of aliphatic hydroxyl groups is 2. The van der Waals surface area contributed by atoms with E-state index in [0.717, 1.165) is 27.6 Å². The van der Waals surface area contributed by atoms with Crippen molar-refractivity contribution in [3.05, 3.63) is 84.3 Å². The van der Waals surface area contributed by atoms with E-state index in [1.54, 1.807) is 23.6 Å². The Morgan fingerprint density at radius 1 is 1.00 bits per heavy atom. The Bertz CT molecular complexity index is 1260. The highest BCUT2D eigenvalue weighted by Gasteiger charge is 2.15. The fourth-order valence-electron chi connectivity index (χ4n) is 3.86. The van der Waals surface area contributed by atoms with E-state index in [2.05, 4.69) is 0 Å². The fourth-order valence-corrected chi connectivity index (χ4v) is 3.86. The molecular formula is C27H26FNO5. The van der Waals surface area contributed by atoms with E-state index in [4.69, 9.17) is 9.47 Å². The molecule has 7 heteroatoms. The zero-order valence-corrected chi connectivity index (χ0v) is 18.8. The minimum atomic E-state index is -0.895. The van der Waals surface area contributed by atoms with Crippen molar-refractivity contribution in [2.75, 3.05) is 13.2 Å². The average Bonchev–Trinajstić information content (AvgIpc) is 3.17. The van der Waals surface area contributed by atoms with Gasteiger partial charge in [-0.15, -0.1) is 0 Å². The Hall–Kier alpha value is -3.68. The molecule has 1 atom stereocenters. The van der Waals surface area contributed by atoms with Crippen LogP contribution in [0.3, 0.4) is 0 Å². The number of hydrogen-bond donors (Lipinski definition) is 2. The lowest BCUT2D eigenvalue weighted by Crippen LogP contribution is -2.15. The highest BCUT2D eigenvalue weighted by Crippen LogP contribution is 2.31. The van der Waals surface area contributed by atoms with Crippen LogP contribution in [0.25, 0.3) is 22.0 Å². The van der Waals surface area contributed by atoms with Crippen LogP contribution in [-0.4, -0.2) is 40.1 Å². The third-order valence-corrected chi connectivity index (χ3v) is 5.47. The van der Waals surface area contributed by atoms with Gasteiger partial charge in [-0.2, -0.15) is 0 Å². The number of benzene rings is 3. The van der Waals surface area contributed by atoms with Gasteiger partial charge in [0.15, 0.2) is 0 Å². The van der Waals surface area contributed by atoms with Gasteiger partial charge < -0.3 is 24.3 Å². The summed E-state index contributed by atoms with van der Waals surface area (Å²) in [5, 5.41) is 20.2. The highest BCUT2D eigenvalue weighted by molar-refractivity contribution is 5.89. The topological polar surface area (TPSA) is 80.9 Å². The Morgan fingerprint density at radius 3 is 2.29 bits per heavy atom. The van der Waals surface area contributed by atoms with Crippen molar-refractivity contribution in [1.82, 2.24) is 4.57 Å². The van der Waals surface area contributed by atoms with Crippen LogP contribution in [0.2, 0.25) is 0 Å². The third kappa shape index (κ3) is 5.44. The standard InChI is InChI=1S/C27H26FNO5/c1-2-33-27(32)16-29-15-20(13-22(31)17-30)25-14-19(5-12-26(25)29)18-3-8-23(9-4-18)34-24-10-6-21(28)7-11-24/h3-12,14-15,22,30-31H,2,13,16-17H2,1H3. The Kier molecular flexibility index (Phi) is 7.25. The largest absolute Gasteiger partial charge is 0.465 e. The molecule has 0 aliphatic rings. The number of esters is 1. The van der Waals surface area contributed by atoms with E-state index in [-0.39, 0.29) is 31.4 Å². The summed E-state index contributed by atoms with van der Waals surface area (Å²) in [7, 11) is 0. The molecule has 6 nitrogen and oxygen atoms in total. The van der Waals surface area contributed by atoms with Crippen LogP contribution in [0, 0.1) is 5.82 Å². The number of halogens is 1. The molecule has 3 aromatic carbocycles. The molecule has 0 aliphatic carbocycles. The summed E-state index contributed by atoms with van der Waals surface area (Å²) in [5.41, 5.74) is 3.58. The lowest BCUT2D eigenvalue weighted by molar-refractivity contribution is -0.143. The normalized spacial score (nSPS) is 12.0. The molecule has 34 heavy (non-hydrogen) atoms. The predicted molar refractivity (Wildman–Crippen MR) is 127 cm³/mol. The van der Waals surface area contributed by atoms with Gasteiger partial charge in [0.25, 0.3) is 0 Å². The Morgan fingerprint density at radius 2 is 1.65 bits per heavy atom. The minimum absolute atomic E-state index is 0.0638. The molecule has 0 fully saturated rings. The number of aliphatic hydroxyl groups excluding tert-OH is 2. The average molecular weight is 464 g/mol. The number of ether oxygens (including phenoxy) is 2. The summed E-state index contributed by atoms with van der Waals surface area (Å²) >= 11 is 0. The van der Waals surface area contributed by atoms with Crippen LogP contribution in [0.4, 0.5) is 4.39 Å². The van der Waals surface area contributed by atoms with E-state index in [1.165, 1.54) is 12.1 Å². The van der Waals surface area contributed by atoms with E-state index < -0.39 is 6.10 Å². The summed E-state index contributed by atoms with van der Waals surface area (Å²) < 4.78 is 25.7. The Balaban J connectivity index is 1.62. The maximum atomic E-state index is 13.1. The molecule has 0 saturated carbocycles. The van der Waals surface area contributed by atoms with Crippen molar-refractivity contribution in [2.45, 2.75) is 26.0 Å². The number of carbonyl (C=O) groups is 1. The highest BCUT2D eigenvalue weighted by atomic mass is 19.1. The number of hydrogen-bond acceptors (Lipinski definition) is 5. The molecule has 0 saturated heterocycles. The molecule has 1 heterocycles. The van der Waals surface area contributed by atoms with Crippen LogP contribution >= 0.6 is 0 Å². The summed E-state index contributed by atoms with van der Waals surface area (Å²) in [6.45, 7) is 1.78. The second-order valence-corrected chi connectivity index (χ2v) is 7.94. The summed E-state index contributed by atoms with van der Waals surface area (Å²) in [6, 6.07) is 19.3. The molecule has 0 radical (unpaired) electrons. The first kappa shape index (κ1) is 23.5. The molecule has 0 aliphatic heterocycles. The summed E-state index contributed by atoms with van der Waals surface area (Å²) in [5.74, 6) is 0.518. The monoisotopic (exact) mass is 463 g/mol. The molecule has 0 spiro atoms. The predicted octanol–water partition coefficient (Wildman–Crippen LogP) is 4.70. The number of fused-ring (bicyclic) bond motifs is 1. The first-order valence-electron chi connectivity index (χ1n) is 11.1. The van der Waals surface area contributed by atoms with Gasteiger partial charge >= 0.3 is 5.97 Å². The number of carbonyl (C=O) groups excluding carboxylic acids is 1. The second kappa shape index (κ2) is 10.5. The molecular weight excluding hydrogens is 437 g/mol. The van der Waals surface area contributed by atoms with Crippen LogP contribution in [0.15, 0.2) is 72.9 Å². The van der Waals surface area contributed by atoms with E-state index >= 15 is 0 Å². The smallest absolute Gasteiger partial charge is 0.325 e. The lowest BCUT2D eigenvalue weighted by Gasteiger charge is -2.09. The van der Waals surface area contributed by atoms with Gasteiger partial charge in [-0.25, -0.2) is 4.39 Å². The quantitative estimate of drug-likeness (QED) is 0.352. The zero-order chi connectivity index (χ0) is 24.1. The van der Waals surface area contributed by atoms with Gasteiger partial charge in [-0.3, -0.25) is 4.79 Å². The van der Waals surface area contributed by atoms with Crippen LogP contribution in [0.1, 0.15) is 12.5 Å². The third-order valence-electron chi connectivity index (χ3n) is 5.47. The molecule has 1 aromatic heterocycles. The lowest BCUT2D eigenvalue weighted by atomic mass is 10.0. The minimum Gasteiger partial charge on any atom is -0.465 e. The van der Waals surface area contributed by atoms with E-state index in [0.29, 0.717) is 18.1 Å². The molecule has 4 rings (SSSR count). The van der Waals surface area contributed by atoms with Crippen LogP contribution in [0.5, 0.6) is 11.5 Å². The van der Waals surface area contributed by atoms with Gasteiger partial charge in [0, 0.05) is 23.5 Å². The summed E-state index contributed by atoms with van der Waals surface area (Å²) in [4.78, 5) is 12.0. The van der Waals surface area contributed by atoms with Crippen molar-refractivity contribution in [3.63, 3.8) is 0 Å². The van der Waals surface area contributed by atoms with E-state index in [9.17, 15) is 19.4 Å². The van der Waals surface area contributed by atoms with Gasteiger partial charge in [0.05, 0.1) is 19.3 Å². The number of rotatable bonds is 9. The van der Waals surface area contributed by atoms with Gasteiger partial charge in [0.1, 0.15) is 23.9 Å². The van der Waals surface area contributed by atoms with Crippen molar-refractivity contribution in [1.29, 1.82) is 0 Å². The number of nitrogens with zero attached hydrogens (tertiary/aromatic N) is 1. The van der Waals surface area contributed by atoms with Crippen molar-refractivity contribution < 1.29 is 28.9 Å². The van der Waals surface area contributed by atoms with Crippen molar-refractivity contribution in [3.8, 4) is 22.6 Å². The molecule has 176 valence electrons. The molecule has 0 amide bonds. The SMILES string of the molecule is CCOC(=O)Cn1cc(CC(O)CO)c2cc(-c3ccc(Oc4ccc(F)cc4)cc3)ccc21. The van der Waals surface area contributed by atoms with Gasteiger partial charge in [-0.1, -0.05) is 18.2 Å². The zero-order valence-electron chi connectivity index (χ0n) is 18.8. The van der Waals surface area contributed by atoms with Crippen molar-refractivity contribution in [2.24, 2.45) is 0 Å². The van der Waals surface area contributed by atoms with E-state index in [1.807, 2.05) is 48.7 Å². The molecule has 0 bridgehead atoms. The van der Waals surface area contributed by atoms with Crippen molar-refractivity contribution >= 4 is 16.9 Å². The maximum absolute atomic E-state index is 13.1. The number of aromatic nitrogens is 1. The molecule has 2 N–H and O–H groups in total. The van der Waals surface area contributed by atoms with Crippen LogP contribution in [-0.2, 0) is 22.5 Å². The fraction of sp³-hybridized carbons (Fsp3) is 0.222. The molecule has 1 unspecified atom stereocenters. The second-order valence-electron chi connectivity index (χ2n) is 7.94. The Labute approximate surface area is 196 Å². The molecule has 4 aromatic rings. The first-order valence-corrected chi connectivity index (χ1v) is 11.1. The van der Waals surface area contributed by atoms with Gasteiger partial charge in [0.2, 0.25) is 0 Å². The first-order chi connectivity index (χ1) is 16.5. The van der Waals surface area contributed by atoms with Gasteiger partial charge in [-0.05, 0) is 72.1 Å². The maximum Gasteiger partial charge on any atom is 0.325 e. The van der Waals surface area contributed by atoms with Crippen LogP contribution < -0.4 is 4.74 Å².